The number of hydrogen-bond acceptors (Lipinski definition) is 2. The predicted octanol–water partition coefficient (Wildman–Crippen LogP) is 4.49. The molecular formula is C16H27ClN2. The molecule has 1 aromatic rings. The van der Waals surface area contributed by atoms with E-state index in [-0.39, 0.29) is 6.04 Å². The van der Waals surface area contributed by atoms with Gasteiger partial charge in [-0.15, -0.1) is 0 Å². The molecule has 1 N–H and O–H groups in total. The fourth-order valence-electron chi connectivity index (χ4n) is 2.21. The van der Waals surface area contributed by atoms with Crippen LogP contribution in [0.3, 0.4) is 0 Å². The molecule has 19 heavy (non-hydrogen) atoms. The Morgan fingerprint density at radius 3 is 2.21 bits per heavy atom. The van der Waals surface area contributed by atoms with Gasteiger partial charge < -0.3 is 10.2 Å². The molecule has 0 heterocycles. The Bertz CT molecular complexity index is 402. The van der Waals surface area contributed by atoms with Crippen LogP contribution in [0.5, 0.6) is 0 Å². The van der Waals surface area contributed by atoms with Crippen LogP contribution >= 0.6 is 11.6 Å². The fraction of sp³-hybridized carbons (Fsp3) is 0.625. The predicted molar refractivity (Wildman–Crippen MR) is 86.2 cm³/mol. The SMILES string of the molecule is CNC(C)c1ccc(N(CC(C)C)C(C)C)cc1Cl. The van der Waals surface area contributed by atoms with Gasteiger partial charge in [0.05, 0.1) is 0 Å². The number of benzene rings is 1. The third kappa shape index (κ3) is 4.39. The van der Waals surface area contributed by atoms with E-state index in [4.69, 9.17) is 11.6 Å². The van der Waals surface area contributed by atoms with Gasteiger partial charge in [0.2, 0.25) is 0 Å². The second-order valence-corrected chi connectivity index (χ2v) is 6.26. The molecule has 0 saturated heterocycles. The fourth-order valence-corrected chi connectivity index (χ4v) is 2.55. The number of nitrogens with one attached hydrogen (secondary N) is 1. The quantitative estimate of drug-likeness (QED) is 0.827. The summed E-state index contributed by atoms with van der Waals surface area (Å²) in [5, 5.41) is 4.07. The first-order valence-electron chi connectivity index (χ1n) is 7.10. The van der Waals surface area contributed by atoms with Gasteiger partial charge in [-0.3, -0.25) is 0 Å². The van der Waals surface area contributed by atoms with Crippen LogP contribution in [-0.4, -0.2) is 19.6 Å². The van der Waals surface area contributed by atoms with Crippen molar-refractivity contribution < 1.29 is 0 Å². The van der Waals surface area contributed by atoms with Crippen molar-refractivity contribution in [2.75, 3.05) is 18.5 Å². The van der Waals surface area contributed by atoms with E-state index >= 15 is 0 Å². The van der Waals surface area contributed by atoms with Gasteiger partial charge in [0.1, 0.15) is 0 Å². The van der Waals surface area contributed by atoms with Gasteiger partial charge >= 0.3 is 0 Å². The van der Waals surface area contributed by atoms with E-state index in [0.29, 0.717) is 12.0 Å². The topological polar surface area (TPSA) is 15.3 Å². The summed E-state index contributed by atoms with van der Waals surface area (Å²) in [5.74, 6) is 0.636. The van der Waals surface area contributed by atoms with Gasteiger partial charge in [-0.25, -0.2) is 0 Å². The molecule has 0 aromatic heterocycles. The van der Waals surface area contributed by atoms with Gasteiger partial charge in [0, 0.05) is 29.3 Å². The first kappa shape index (κ1) is 16.3. The molecule has 3 heteroatoms. The van der Waals surface area contributed by atoms with Crippen molar-refractivity contribution in [3.05, 3.63) is 28.8 Å². The van der Waals surface area contributed by atoms with Crippen LogP contribution in [0.1, 0.15) is 46.2 Å². The van der Waals surface area contributed by atoms with Crippen molar-refractivity contribution in [2.24, 2.45) is 5.92 Å². The van der Waals surface area contributed by atoms with E-state index in [1.165, 1.54) is 5.69 Å². The minimum atomic E-state index is 0.277. The minimum Gasteiger partial charge on any atom is -0.369 e. The van der Waals surface area contributed by atoms with Crippen LogP contribution in [0.15, 0.2) is 18.2 Å². The number of halogens is 1. The Balaban J connectivity index is 3.03. The van der Waals surface area contributed by atoms with Crippen LogP contribution in [0.25, 0.3) is 0 Å². The van der Waals surface area contributed by atoms with Crippen LogP contribution in [-0.2, 0) is 0 Å². The molecule has 0 spiro atoms. The Morgan fingerprint density at radius 2 is 1.79 bits per heavy atom. The van der Waals surface area contributed by atoms with Crippen LogP contribution in [0, 0.1) is 5.92 Å². The summed E-state index contributed by atoms with van der Waals surface area (Å²) < 4.78 is 0. The van der Waals surface area contributed by atoms with E-state index in [1.54, 1.807) is 0 Å². The van der Waals surface area contributed by atoms with E-state index in [0.717, 1.165) is 17.1 Å². The smallest absolute Gasteiger partial charge is 0.0474 e. The van der Waals surface area contributed by atoms with E-state index < -0.39 is 0 Å². The number of rotatable bonds is 6. The maximum Gasteiger partial charge on any atom is 0.0474 e. The highest BCUT2D eigenvalue weighted by Crippen LogP contribution is 2.29. The summed E-state index contributed by atoms with van der Waals surface area (Å²) in [7, 11) is 1.95. The van der Waals surface area contributed by atoms with Gasteiger partial charge in [-0.05, 0) is 51.4 Å². The minimum absolute atomic E-state index is 0.277. The van der Waals surface area contributed by atoms with E-state index in [1.807, 2.05) is 7.05 Å². The second kappa shape index (κ2) is 7.16. The molecule has 108 valence electrons. The number of anilines is 1. The summed E-state index contributed by atoms with van der Waals surface area (Å²) in [6.07, 6.45) is 0. The molecule has 1 atom stereocenters. The van der Waals surface area contributed by atoms with E-state index in [2.05, 4.69) is 63.0 Å². The first-order valence-corrected chi connectivity index (χ1v) is 7.48. The molecule has 1 unspecified atom stereocenters. The van der Waals surface area contributed by atoms with E-state index in [9.17, 15) is 0 Å². The largest absolute Gasteiger partial charge is 0.369 e. The number of hydrogen-bond donors (Lipinski definition) is 1. The van der Waals surface area contributed by atoms with Crippen LogP contribution < -0.4 is 10.2 Å². The van der Waals surface area contributed by atoms with Crippen molar-refractivity contribution in [3.63, 3.8) is 0 Å². The van der Waals surface area contributed by atoms with Gasteiger partial charge in [0.25, 0.3) is 0 Å². The van der Waals surface area contributed by atoms with Gasteiger partial charge in [0.15, 0.2) is 0 Å². The molecule has 0 aliphatic heterocycles. The molecule has 0 aliphatic carbocycles. The van der Waals surface area contributed by atoms with Crippen molar-refractivity contribution in [1.29, 1.82) is 0 Å². The van der Waals surface area contributed by atoms with Crippen molar-refractivity contribution in [3.8, 4) is 0 Å². The zero-order chi connectivity index (χ0) is 14.6. The third-order valence-corrected chi connectivity index (χ3v) is 3.73. The zero-order valence-electron chi connectivity index (χ0n) is 13.0. The molecule has 0 bridgehead atoms. The average molecular weight is 283 g/mol. The normalized spacial score (nSPS) is 13.1. The summed E-state index contributed by atoms with van der Waals surface area (Å²) in [6, 6.07) is 7.16. The zero-order valence-corrected chi connectivity index (χ0v) is 13.8. The lowest BCUT2D eigenvalue weighted by Gasteiger charge is -2.31. The molecular weight excluding hydrogens is 256 g/mol. The highest BCUT2D eigenvalue weighted by molar-refractivity contribution is 6.31. The Labute approximate surface area is 123 Å². The molecule has 1 aromatic carbocycles. The molecule has 2 nitrogen and oxygen atoms in total. The monoisotopic (exact) mass is 282 g/mol. The summed E-state index contributed by atoms with van der Waals surface area (Å²) >= 11 is 6.42. The molecule has 0 aliphatic rings. The second-order valence-electron chi connectivity index (χ2n) is 5.86. The van der Waals surface area contributed by atoms with Gasteiger partial charge in [-0.1, -0.05) is 31.5 Å². The lowest BCUT2D eigenvalue weighted by molar-refractivity contribution is 0.570. The molecule has 1 rings (SSSR count). The highest BCUT2D eigenvalue weighted by Gasteiger charge is 2.15. The maximum absolute atomic E-state index is 6.42. The summed E-state index contributed by atoms with van der Waals surface area (Å²) in [6.45, 7) is 12.1. The molecule has 0 saturated carbocycles. The lowest BCUT2D eigenvalue weighted by Crippen LogP contribution is -2.34. The highest BCUT2D eigenvalue weighted by atomic mass is 35.5. The van der Waals surface area contributed by atoms with Crippen LogP contribution in [0.4, 0.5) is 5.69 Å². The standard InChI is InChI=1S/C16H27ClN2/c1-11(2)10-19(12(3)4)14-7-8-15(13(5)18-6)16(17)9-14/h7-9,11-13,18H,10H2,1-6H3. The van der Waals surface area contributed by atoms with Crippen molar-refractivity contribution in [1.82, 2.24) is 5.32 Å². The molecule has 0 radical (unpaired) electrons. The summed E-state index contributed by atoms with van der Waals surface area (Å²) in [4.78, 5) is 2.41. The third-order valence-electron chi connectivity index (χ3n) is 3.40. The Morgan fingerprint density at radius 1 is 1.16 bits per heavy atom. The summed E-state index contributed by atoms with van der Waals surface area (Å²) in [5.41, 5.74) is 2.36. The molecule has 0 amide bonds. The number of nitrogens with zero attached hydrogens (tertiary/aromatic N) is 1. The average Bonchev–Trinajstić information content (AvgIpc) is 2.34. The van der Waals surface area contributed by atoms with Crippen molar-refractivity contribution in [2.45, 2.75) is 46.7 Å². The Hall–Kier alpha value is -0.730. The van der Waals surface area contributed by atoms with Crippen LogP contribution in [0.2, 0.25) is 5.02 Å². The first-order chi connectivity index (χ1) is 8.86. The van der Waals surface area contributed by atoms with Crippen molar-refractivity contribution >= 4 is 17.3 Å². The Kier molecular flexibility index (Phi) is 6.15. The molecule has 0 fully saturated rings. The van der Waals surface area contributed by atoms with Gasteiger partial charge in [-0.2, -0.15) is 0 Å². The lowest BCUT2D eigenvalue weighted by atomic mass is 10.1. The maximum atomic E-state index is 6.42.